The number of hydrogen-bond donors (Lipinski definition) is 1. The largest absolute Gasteiger partial charge is 0.336 e. The fraction of sp³-hybridized carbons (Fsp3) is 0.278. The van der Waals surface area contributed by atoms with Gasteiger partial charge in [-0.2, -0.15) is 0 Å². The monoisotopic (exact) mass is 340 g/mol. The number of nitrogens with zero attached hydrogens (tertiary/aromatic N) is 3. The predicted octanol–water partition coefficient (Wildman–Crippen LogP) is 2.46. The van der Waals surface area contributed by atoms with Gasteiger partial charge < -0.3 is 14.7 Å². The highest BCUT2D eigenvalue weighted by Crippen LogP contribution is 2.26. The molecule has 0 spiro atoms. The van der Waals surface area contributed by atoms with Gasteiger partial charge in [0, 0.05) is 25.8 Å². The number of amides is 1. The maximum atomic E-state index is 13.6. The maximum absolute atomic E-state index is 13.6. The molecule has 1 saturated heterocycles. The van der Waals surface area contributed by atoms with Gasteiger partial charge in [0.1, 0.15) is 5.82 Å². The van der Waals surface area contributed by atoms with Crippen LogP contribution in [0.2, 0.25) is 0 Å². The summed E-state index contributed by atoms with van der Waals surface area (Å²) >= 11 is 0. The lowest BCUT2D eigenvalue weighted by atomic mass is 10.0. The molecule has 4 rings (SSSR count). The molecule has 1 unspecified atom stereocenters. The van der Waals surface area contributed by atoms with Crippen LogP contribution in [-0.2, 0) is 0 Å². The Labute approximate surface area is 143 Å². The third-order valence-corrected chi connectivity index (χ3v) is 4.49. The van der Waals surface area contributed by atoms with E-state index in [0.29, 0.717) is 36.6 Å². The molecule has 1 aliphatic rings. The minimum atomic E-state index is -0.307. The lowest BCUT2D eigenvalue weighted by molar-refractivity contribution is 0.0633. The van der Waals surface area contributed by atoms with E-state index in [1.165, 1.54) is 18.3 Å². The first-order valence-corrected chi connectivity index (χ1v) is 8.12. The summed E-state index contributed by atoms with van der Waals surface area (Å²) in [5.74, 6) is -0.440. The lowest BCUT2D eigenvalue weighted by Crippen LogP contribution is -2.48. The number of aryl methyl sites for hydroxylation is 1. The summed E-state index contributed by atoms with van der Waals surface area (Å²) in [6, 6.07) is 7.91. The van der Waals surface area contributed by atoms with Crippen molar-refractivity contribution in [2.45, 2.75) is 13.0 Å². The zero-order valence-corrected chi connectivity index (χ0v) is 13.7. The fourth-order valence-corrected chi connectivity index (χ4v) is 3.19. The van der Waals surface area contributed by atoms with Crippen molar-refractivity contribution in [2.75, 3.05) is 19.6 Å². The highest BCUT2D eigenvalue weighted by Gasteiger charge is 2.29. The van der Waals surface area contributed by atoms with E-state index in [4.69, 9.17) is 4.52 Å². The molecule has 0 radical (unpaired) electrons. The van der Waals surface area contributed by atoms with Gasteiger partial charge in [0.05, 0.1) is 22.7 Å². The molecule has 0 bridgehead atoms. The van der Waals surface area contributed by atoms with Crippen LogP contribution in [0.3, 0.4) is 0 Å². The van der Waals surface area contributed by atoms with E-state index >= 15 is 0 Å². The molecule has 0 saturated carbocycles. The number of carbonyl (C=O) groups is 1. The molecule has 3 heterocycles. The van der Waals surface area contributed by atoms with Crippen molar-refractivity contribution in [3.05, 3.63) is 59.2 Å². The molecule has 2 aromatic heterocycles. The number of halogens is 1. The first-order chi connectivity index (χ1) is 12.1. The summed E-state index contributed by atoms with van der Waals surface area (Å²) in [7, 11) is 0. The molecule has 128 valence electrons. The molecule has 1 aliphatic heterocycles. The van der Waals surface area contributed by atoms with Crippen molar-refractivity contribution in [2.24, 2.45) is 0 Å². The molecule has 1 amide bonds. The zero-order chi connectivity index (χ0) is 17.4. The minimum absolute atomic E-state index is 0.134. The van der Waals surface area contributed by atoms with Gasteiger partial charge in [-0.15, -0.1) is 0 Å². The number of piperazine rings is 1. The van der Waals surface area contributed by atoms with Crippen LogP contribution in [0.4, 0.5) is 4.39 Å². The SMILES string of the molecule is Cc1noc2ncc(C(=O)N3CCNCC3c3cccc(F)c3)cc12. The molecule has 1 aromatic carbocycles. The molecule has 25 heavy (non-hydrogen) atoms. The Morgan fingerprint density at radius 1 is 1.40 bits per heavy atom. The number of rotatable bonds is 2. The van der Waals surface area contributed by atoms with Gasteiger partial charge in [0.15, 0.2) is 0 Å². The van der Waals surface area contributed by atoms with Crippen LogP contribution in [0.15, 0.2) is 41.1 Å². The Kier molecular flexibility index (Phi) is 3.93. The topological polar surface area (TPSA) is 71.3 Å². The van der Waals surface area contributed by atoms with Crippen molar-refractivity contribution in [3.63, 3.8) is 0 Å². The third-order valence-electron chi connectivity index (χ3n) is 4.49. The Balaban J connectivity index is 1.69. The first-order valence-electron chi connectivity index (χ1n) is 8.12. The van der Waals surface area contributed by atoms with E-state index in [9.17, 15) is 9.18 Å². The number of aromatic nitrogens is 2. The van der Waals surface area contributed by atoms with Crippen LogP contribution >= 0.6 is 0 Å². The molecular weight excluding hydrogens is 323 g/mol. The van der Waals surface area contributed by atoms with E-state index in [2.05, 4.69) is 15.5 Å². The van der Waals surface area contributed by atoms with Crippen molar-refractivity contribution in [1.29, 1.82) is 0 Å². The second-order valence-corrected chi connectivity index (χ2v) is 6.12. The zero-order valence-electron chi connectivity index (χ0n) is 13.7. The Morgan fingerprint density at radius 2 is 2.28 bits per heavy atom. The highest BCUT2D eigenvalue weighted by atomic mass is 19.1. The summed E-state index contributed by atoms with van der Waals surface area (Å²) < 4.78 is 18.7. The van der Waals surface area contributed by atoms with Crippen molar-refractivity contribution in [1.82, 2.24) is 20.4 Å². The second-order valence-electron chi connectivity index (χ2n) is 6.12. The van der Waals surface area contributed by atoms with Gasteiger partial charge in [-0.1, -0.05) is 17.3 Å². The van der Waals surface area contributed by atoms with Crippen molar-refractivity contribution >= 4 is 17.0 Å². The van der Waals surface area contributed by atoms with E-state index in [0.717, 1.165) is 10.9 Å². The normalized spacial score (nSPS) is 17.8. The number of fused-ring (bicyclic) bond motifs is 1. The van der Waals surface area contributed by atoms with Crippen LogP contribution in [-0.4, -0.2) is 40.6 Å². The van der Waals surface area contributed by atoms with Gasteiger partial charge >= 0.3 is 0 Å². The molecule has 1 atom stereocenters. The molecule has 1 fully saturated rings. The van der Waals surface area contributed by atoms with Crippen molar-refractivity contribution in [3.8, 4) is 0 Å². The number of benzene rings is 1. The van der Waals surface area contributed by atoms with Gasteiger partial charge in [0.2, 0.25) is 0 Å². The number of pyridine rings is 1. The van der Waals surface area contributed by atoms with E-state index in [-0.39, 0.29) is 17.8 Å². The molecule has 3 aromatic rings. The quantitative estimate of drug-likeness (QED) is 0.776. The van der Waals surface area contributed by atoms with Crippen LogP contribution in [0, 0.1) is 12.7 Å². The highest BCUT2D eigenvalue weighted by molar-refractivity contribution is 5.97. The van der Waals surface area contributed by atoms with Crippen LogP contribution < -0.4 is 5.32 Å². The molecule has 1 N–H and O–H groups in total. The molecule has 0 aliphatic carbocycles. The molecule has 7 heteroatoms. The van der Waals surface area contributed by atoms with Gasteiger partial charge in [-0.25, -0.2) is 9.37 Å². The maximum Gasteiger partial charge on any atom is 0.257 e. The van der Waals surface area contributed by atoms with Crippen LogP contribution in [0.25, 0.3) is 11.1 Å². The number of carbonyl (C=O) groups excluding carboxylic acids is 1. The lowest BCUT2D eigenvalue weighted by Gasteiger charge is -2.36. The smallest absolute Gasteiger partial charge is 0.257 e. The fourth-order valence-electron chi connectivity index (χ4n) is 3.19. The first kappa shape index (κ1) is 15.7. The van der Waals surface area contributed by atoms with Gasteiger partial charge in [0.25, 0.3) is 11.6 Å². The number of hydrogen-bond acceptors (Lipinski definition) is 5. The molecule has 6 nitrogen and oxygen atoms in total. The summed E-state index contributed by atoms with van der Waals surface area (Å²) in [6.45, 7) is 3.62. The van der Waals surface area contributed by atoms with E-state index in [1.54, 1.807) is 17.0 Å². The van der Waals surface area contributed by atoms with Gasteiger partial charge in [-0.05, 0) is 30.7 Å². The summed E-state index contributed by atoms with van der Waals surface area (Å²) in [5.41, 5.74) is 2.35. The minimum Gasteiger partial charge on any atom is -0.336 e. The van der Waals surface area contributed by atoms with Gasteiger partial charge in [-0.3, -0.25) is 4.79 Å². The summed E-state index contributed by atoms with van der Waals surface area (Å²) in [4.78, 5) is 19.0. The van der Waals surface area contributed by atoms with E-state index in [1.807, 2.05) is 13.0 Å². The Hall–Kier alpha value is -2.80. The summed E-state index contributed by atoms with van der Waals surface area (Å²) in [6.07, 6.45) is 1.50. The molecular formula is C18H17FN4O2. The van der Waals surface area contributed by atoms with Crippen molar-refractivity contribution < 1.29 is 13.7 Å². The number of nitrogens with one attached hydrogen (secondary N) is 1. The predicted molar refractivity (Wildman–Crippen MR) is 89.6 cm³/mol. The second kappa shape index (κ2) is 6.25. The Morgan fingerprint density at radius 3 is 3.12 bits per heavy atom. The standard InChI is InChI=1S/C18H17FN4O2/c1-11-15-8-13(9-21-17(15)25-22-11)18(24)23-6-5-20-10-16(23)12-3-2-4-14(19)7-12/h2-4,7-9,16,20H,5-6,10H2,1H3. The summed E-state index contributed by atoms with van der Waals surface area (Å²) in [5, 5.41) is 7.86. The average molecular weight is 340 g/mol. The van der Waals surface area contributed by atoms with Crippen LogP contribution in [0.5, 0.6) is 0 Å². The van der Waals surface area contributed by atoms with E-state index < -0.39 is 0 Å². The average Bonchev–Trinajstić information content (AvgIpc) is 3.01. The van der Waals surface area contributed by atoms with Crippen LogP contribution in [0.1, 0.15) is 27.7 Å². The Bertz CT molecular complexity index is 940. The third kappa shape index (κ3) is 2.87.